The molecule has 3 heterocycles. The third-order valence-corrected chi connectivity index (χ3v) is 19.7. The fourth-order valence-corrected chi connectivity index (χ4v) is 15.3. The second-order valence-electron chi connectivity index (χ2n) is 24.1. The van der Waals surface area contributed by atoms with Crippen molar-refractivity contribution in [3.05, 3.63) is 11.6 Å². The monoisotopic (exact) mass is 1020 g/mol. The van der Waals surface area contributed by atoms with Crippen LogP contribution in [0, 0.1) is 50.2 Å². The minimum absolute atomic E-state index is 0.0116. The normalized spacial score (nSPS) is 52.7. The minimum Gasteiger partial charge on any atom is -0.463 e. The van der Waals surface area contributed by atoms with Crippen LogP contribution in [0.3, 0.4) is 0 Å². The molecule has 0 amide bonds. The van der Waals surface area contributed by atoms with Gasteiger partial charge in [0, 0.05) is 12.3 Å². The maximum Gasteiger partial charge on any atom is 0.315 e. The molecule has 21 nitrogen and oxygen atoms in total. The molecule has 4 saturated carbocycles. The van der Waals surface area contributed by atoms with Gasteiger partial charge in [0.15, 0.2) is 12.6 Å². The molecule has 5 aliphatic carbocycles. The van der Waals surface area contributed by atoms with E-state index in [1.165, 1.54) is 6.92 Å². The van der Waals surface area contributed by atoms with Crippen LogP contribution in [0.1, 0.15) is 106 Å². The Morgan fingerprint density at radius 1 is 0.648 bits per heavy atom. The molecule has 21 heteroatoms. The van der Waals surface area contributed by atoms with Gasteiger partial charge in [0.2, 0.25) is 6.29 Å². The number of fused-ring (bicyclic) bond motifs is 7. The van der Waals surface area contributed by atoms with Crippen molar-refractivity contribution in [2.45, 2.75) is 211 Å². The maximum atomic E-state index is 15.0. The van der Waals surface area contributed by atoms with Crippen molar-refractivity contribution >= 4 is 11.9 Å². The fraction of sp³-hybridized carbons (Fsp3) is 0.920. The number of rotatable bonds is 11. The SMILES string of the molecule is CC(=O)OCC1OC(OC2C(O)CC3(C)C(CCC4(C)C3CC=C3C5CC(C)(C)CCC5(C(=O)OC5OC(COC6OC(CO)C(O)C(O)C6O)C(O)C(O)C5O)CCC34C)C2(C)CO)C(O)C(O)C1O. The summed E-state index contributed by atoms with van der Waals surface area (Å²) in [5.74, 6) is -1.76. The van der Waals surface area contributed by atoms with Gasteiger partial charge in [-0.05, 0) is 97.2 Å². The van der Waals surface area contributed by atoms with Crippen LogP contribution in [0.25, 0.3) is 0 Å². The van der Waals surface area contributed by atoms with E-state index in [2.05, 4.69) is 40.7 Å². The first-order chi connectivity index (χ1) is 33.1. The molecule has 71 heavy (non-hydrogen) atoms. The Balaban J connectivity index is 1.03. The molecule has 0 aromatic rings. The van der Waals surface area contributed by atoms with E-state index in [0.717, 1.165) is 12.0 Å². The Labute approximate surface area is 414 Å². The Morgan fingerprint density at radius 3 is 1.83 bits per heavy atom. The van der Waals surface area contributed by atoms with Crippen LogP contribution in [0.2, 0.25) is 0 Å². The summed E-state index contributed by atoms with van der Waals surface area (Å²) in [7, 11) is 0. The lowest BCUT2D eigenvalue weighted by atomic mass is 9.33. The van der Waals surface area contributed by atoms with Crippen molar-refractivity contribution in [1.82, 2.24) is 0 Å². The van der Waals surface area contributed by atoms with Crippen molar-refractivity contribution < 1.29 is 104 Å². The fourth-order valence-electron chi connectivity index (χ4n) is 15.3. The quantitative estimate of drug-likeness (QED) is 0.0647. The molecule has 25 atom stereocenters. The number of aliphatic hydroxyl groups is 12. The number of esters is 2. The number of hydrogen-bond donors (Lipinski definition) is 12. The van der Waals surface area contributed by atoms with E-state index >= 15 is 4.79 Å². The lowest BCUT2D eigenvalue weighted by Gasteiger charge is -2.72. The molecule has 0 bridgehead atoms. The summed E-state index contributed by atoms with van der Waals surface area (Å²) >= 11 is 0. The summed E-state index contributed by atoms with van der Waals surface area (Å²) in [6.07, 6.45) is -19.2. The molecule has 3 saturated heterocycles. The minimum atomic E-state index is -1.85. The molecule has 8 aliphatic rings. The van der Waals surface area contributed by atoms with Gasteiger partial charge in [-0.25, -0.2) is 0 Å². The summed E-state index contributed by atoms with van der Waals surface area (Å²) < 4.78 is 40.4. The van der Waals surface area contributed by atoms with Gasteiger partial charge in [-0.3, -0.25) is 9.59 Å². The summed E-state index contributed by atoms with van der Waals surface area (Å²) in [5.41, 5.74) is -2.51. The number of ether oxygens (including phenoxy) is 7. The summed E-state index contributed by atoms with van der Waals surface area (Å²) in [5, 5.41) is 130. The number of carbonyl (C=O) groups excluding carboxylic acids is 2. The first-order valence-corrected chi connectivity index (χ1v) is 25.5. The van der Waals surface area contributed by atoms with Crippen LogP contribution in [0.4, 0.5) is 0 Å². The first-order valence-electron chi connectivity index (χ1n) is 25.5. The van der Waals surface area contributed by atoms with Crippen molar-refractivity contribution in [2.75, 3.05) is 26.4 Å². The Morgan fingerprint density at radius 2 is 1.21 bits per heavy atom. The molecule has 406 valence electrons. The van der Waals surface area contributed by atoms with Gasteiger partial charge in [-0.15, -0.1) is 0 Å². The Hall–Kier alpha value is -2.00. The largest absolute Gasteiger partial charge is 0.463 e. The van der Waals surface area contributed by atoms with E-state index in [1.54, 1.807) is 0 Å². The highest BCUT2D eigenvalue weighted by Crippen LogP contribution is 2.76. The summed E-state index contributed by atoms with van der Waals surface area (Å²) in [6.45, 7) is 12.1. The van der Waals surface area contributed by atoms with Crippen LogP contribution >= 0.6 is 0 Å². The molecule has 7 fully saturated rings. The van der Waals surface area contributed by atoms with Gasteiger partial charge in [0.25, 0.3) is 0 Å². The highest BCUT2D eigenvalue weighted by Gasteiger charge is 2.71. The van der Waals surface area contributed by atoms with E-state index in [1.807, 2.05) is 6.92 Å². The summed E-state index contributed by atoms with van der Waals surface area (Å²) in [4.78, 5) is 26.6. The van der Waals surface area contributed by atoms with Crippen LogP contribution in [-0.4, -0.2) is 204 Å². The van der Waals surface area contributed by atoms with Crippen molar-refractivity contribution in [3.8, 4) is 0 Å². The average molecular weight is 1020 g/mol. The highest BCUT2D eigenvalue weighted by atomic mass is 16.7. The van der Waals surface area contributed by atoms with Gasteiger partial charge in [0.1, 0.15) is 79.9 Å². The number of hydrogen-bond acceptors (Lipinski definition) is 21. The molecule has 0 radical (unpaired) electrons. The zero-order valence-electron chi connectivity index (χ0n) is 41.9. The van der Waals surface area contributed by atoms with Crippen molar-refractivity contribution in [3.63, 3.8) is 0 Å². The highest BCUT2D eigenvalue weighted by molar-refractivity contribution is 5.79. The zero-order chi connectivity index (χ0) is 52.1. The van der Waals surface area contributed by atoms with Crippen molar-refractivity contribution in [1.29, 1.82) is 0 Å². The molecule has 3 aliphatic heterocycles. The molecular formula is C50H80O21. The number of aliphatic hydroxyl groups excluding tert-OH is 12. The van der Waals surface area contributed by atoms with E-state index < -0.39 is 158 Å². The second-order valence-corrected chi connectivity index (χ2v) is 24.1. The molecule has 12 N–H and O–H groups in total. The second kappa shape index (κ2) is 19.9. The number of carbonyl (C=O) groups is 2. The first kappa shape index (κ1) is 55.2. The van der Waals surface area contributed by atoms with Gasteiger partial charge < -0.3 is 94.4 Å². The molecule has 0 aromatic carbocycles. The smallest absolute Gasteiger partial charge is 0.315 e. The Bertz CT molecular complexity index is 1970. The van der Waals surface area contributed by atoms with E-state index in [0.29, 0.717) is 44.9 Å². The van der Waals surface area contributed by atoms with Crippen LogP contribution in [0.15, 0.2) is 11.6 Å². The molecule has 8 rings (SSSR count). The van der Waals surface area contributed by atoms with Gasteiger partial charge in [-0.2, -0.15) is 0 Å². The third kappa shape index (κ3) is 9.04. The average Bonchev–Trinajstić information content (AvgIpc) is 3.31. The maximum absolute atomic E-state index is 15.0. The standard InChI is InChI=1S/C50H80O21/c1-22(53)65-19-27-32(56)35(59)38(62)42(68-27)70-40-25(54)17-46(4)29(47(40,5)21-52)10-11-49(7)30(46)9-8-23-24-16-45(2,3)12-14-50(24,15-13-48(23,49)6)44(64)71-43-39(63)36(60)33(57)28(69-43)20-66-41-37(61)34(58)31(55)26(18-51)67-41/h8,24-43,51-52,54-63H,9-21H2,1-7H3. The van der Waals surface area contributed by atoms with E-state index in [9.17, 15) is 66.1 Å². The van der Waals surface area contributed by atoms with Crippen LogP contribution in [0.5, 0.6) is 0 Å². The predicted molar refractivity (Wildman–Crippen MR) is 243 cm³/mol. The zero-order valence-corrected chi connectivity index (χ0v) is 41.9. The molecule has 25 unspecified atom stereocenters. The van der Waals surface area contributed by atoms with Gasteiger partial charge >= 0.3 is 11.9 Å². The third-order valence-electron chi connectivity index (χ3n) is 19.7. The lowest BCUT2D eigenvalue weighted by molar-refractivity contribution is -0.345. The van der Waals surface area contributed by atoms with E-state index in [-0.39, 0.29) is 41.6 Å². The van der Waals surface area contributed by atoms with Gasteiger partial charge in [0.05, 0.1) is 37.4 Å². The van der Waals surface area contributed by atoms with Crippen LogP contribution in [-0.2, 0) is 42.7 Å². The van der Waals surface area contributed by atoms with E-state index in [4.69, 9.17) is 33.2 Å². The topological polar surface area (TPSA) is 342 Å². The Kier molecular flexibility index (Phi) is 15.4. The molecular weight excluding hydrogens is 937 g/mol. The number of allylic oxidation sites excluding steroid dienone is 2. The lowest BCUT2D eigenvalue weighted by Crippen LogP contribution is -2.69. The van der Waals surface area contributed by atoms with Crippen molar-refractivity contribution in [2.24, 2.45) is 50.2 Å². The summed E-state index contributed by atoms with van der Waals surface area (Å²) in [6, 6.07) is 0. The molecule has 0 aromatic heterocycles. The predicted octanol–water partition coefficient (Wildman–Crippen LogP) is -1.35. The van der Waals surface area contributed by atoms with Crippen LogP contribution < -0.4 is 0 Å². The molecule has 0 spiro atoms. The van der Waals surface area contributed by atoms with Gasteiger partial charge in [-0.1, -0.05) is 53.2 Å².